The zero-order chi connectivity index (χ0) is 22.8. The van der Waals surface area contributed by atoms with Crippen molar-refractivity contribution in [3.8, 4) is 11.4 Å². The number of aromatic nitrogens is 4. The standard InChI is InChI=1S/C23H22N4O5/c1-4-26-21(28)19-20(27(23(26)30)16-9-7-10-17(12-16)31-2)24-14-25(19)13-15-8-5-6-11-18(15)22(29)32-3/h5-12,14H,4,13H2,1-3H3. The molecule has 0 N–H and O–H groups in total. The van der Waals surface area contributed by atoms with Crippen LogP contribution in [-0.2, 0) is 17.8 Å². The summed E-state index contributed by atoms with van der Waals surface area (Å²) < 4.78 is 14.4. The van der Waals surface area contributed by atoms with Crippen molar-refractivity contribution in [3.05, 3.63) is 86.8 Å². The number of nitrogens with zero attached hydrogens (tertiary/aromatic N) is 4. The fourth-order valence-corrected chi connectivity index (χ4v) is 3.71. The van der Waals surface area contributed by atoms with Crippen molar-refractivity contribution in [1.29, 1.82) is 0 Å². The lowest BCUT2D eigenvalue weighted by Gasteiger charge is -2.13. The molecule has 2 aromatic carbocycles. The highest BCUT2D eigenvalue weighted by molar-refractivity contribution is 5.91. The Morgan fingerprint density at radius 3 is 2.56 bits per heavy atom. The molecule has 0 aliphatic heterocycles. The Kier molecular flexibility index (Phi) is 5.63. The molecule has 0 aliphatic carbocycles. The summed E-state index contributed by atoms with van der Waals surface area (Å²) in [6.45, 7) is 2.14. The summed E-state index contributed by atoms with van der Waals surface area (Å²) >= 11 is 0. The van der Waals surface area contributed by atoms with E-state index < -0.39 is 17.2 Å². The van der Waals surface area contributed by atoms with Crippen LogP contribution in [0.1, 0.15) is 22.8 Å². The fourth-order valence-electron chi connectivity index (χ4n) is 3.71. The van der Waals surface area contributed by atoms with Crippen LogP contribution in [0.2, 0.25) is 0 Å². The van der Waals surface area contributed by atoms with Crippen LogP contribution in [0.5, 0.6) is 5.75 Å². The molecule has 0 unspecified atom stereocenters. The van der Waals surface area contributed by atoms with E-state index in [1.165, 1.54) is 25.1 Å². The van der Waals surface area contributed by atoms with Gasteiger partial charge in [-0.1, -0.05) is 24.3 Å². The average Bonchev–Trinajstić information content (AvgIpc) is 3.22. The van der Waals surface area contributed by atoms with E-state index in [9.17, 15) is 14.4 Å². The van der Waals surface area contributed by atoms with Gasteiger partial charge in [0, 0.05) is 12.6 Å². The quantitative estimate of drug-likeness (QED) is 0.432. The summed E-state index contributed by atoms with van der Waals surface area (Å²) in [5.74, 6) is 0.104. The van der Waals surface area contributed by atoms with Gasteiger partial charge in [0.1, 0.15) is 5.75 Å². The number of esters is 1. The molecule has 0 atom stereocenters. The van der Waals surface area contributed by atoms with E-state index in [4.69, 9.17) is 9.47 Å². The zero-order valence-corrected chi connectivity index (χ0v) is 17.9. The van der Waals surface area contributed by atoms with Gasteiger partial charge in [0.05, 0.1) is 38.3 Å². The van der Waals surface area contributed by atoms with Crippen LogP contribution < -0.4 is 16.0 Å². The monoisotopic (exact) mass is 434 g/mol. The molecule has 0 saturated heterocycles. The van der Waals surface area contributed by atoms with Gasteiger partial charge in [-0.05, 0) is 30.7 Å². The highest BCUT2D eigenvalue weighted by atomic mass is 16.5. The third-order valence-corrected chi connectivity index (χ3v) is 5.29. The minimum atomic E-state index is -0.488. The van der Waals surface area contributed by atoms with Crippen molar-refractivity contribution in [2.45, 2.75) is 20.0 Å². The smallest absolute Gasteiger partial charge is 0.338 e. The Hall–Kier alpha value is -4.14. The van der Waals surface area contributed by atoms with Crippen molar-refractivity contribution in [2.75, 3.05) is 14.2 Å². The largest absolute Gasteiger partial charge is 0.497 e. The van der Waals surface area contributed by atoms with Crippen molar-refractivity contribution < 1.29 is 14.3 Å². The van der Waals surface area contributed by atoms with E-state index in [0.717, 1.165) is 4.57 Å². The zero-order valence-electron chi connectivity index (χ0n) is 17.9. The predicted octanol–water partition coefficient (Wildman–Crippen LogP) is 2.21. The molecular weight excluding hydrogens is 412 g/mol. The molecule has 2 heterocycles. The molecule has 0 aliphatic rings. The van der Waals surface area contributed by atoms with Crippen molar-refractivity contribution >= 4 is 17.1 Å². The molecule has 32 heavy (non-hydrogen) atoms. The summed E-state index contributed by atoms with van der Waals surface area (Å²) in [4.78, 5) is 42.9. The third kappa shape index (κ3) is 3.47. The fraction of sp³-hybridized carbons (Fsp3) is 0.217. The molecule has 164 valence electrons. The molecule has 4 rings (SSSR count). The van der Waals surface area contributed by atoms with Crippen LogP contribution in [0.25, 0.3) is 16.9 Å². The lowest BCUT2D eigenvalue weighted by Crippen LogP contribution is -2.39. The number of rotatable bonds is 6. The topological polar surface area (TPSA) is 97.4 Å². The number of carbonyl (C=O) groups is 1. The number of carbonyl (C=O) groups excluding carboxylic acids is 1. The average molecular weight is 434 g/mol. The first-order valence-corrected chi connectivity index (χ1v) is 10.0. The van der Waals surface area contributed by atoms with Gasteiger partial charge in [-0.3, -0.25) is 9.36 Å². The van der Waals surface area contributed by atoms with Crippen LogP contribution in [-0.4, -0.2) is 38.9 Å². The Labute approximate surface area is 183 Å². The van der Waals surface area contributed by atoms with Crippen LogP contribution in [0.15, 0.2) is 64.4 Å². The van der Waals surface area contributed by atoms with Crippen LogP contribution >= 0.6 is 0 Å². The van der Waals surface area contributed by atoms with Gasteiger partial charge in [-0.15, -0.1) is 0 Å². The highest BCUT2D eigenvalue weighted by Crippen LogP contribution is 2.20. The number of fused-ring (bicyclic) bond motifs is 1. The normalized spacial score (nSPS) is 11.0. The molecule has 4 aromatic rings. The van der Waals surface area contributed by atoms with E-state index >= 15 is 0 Å². The van der Waals surface area contributed by atoms with Crippen LogP contribution in [0, 0.1) is 0 Å². The maximum absolute atomic E-state index is 13.2. The van der Waals surface area contributed by atoms with Crippen molar-refractivity contribution in [1.82, 2.24) is 18.7 Å². The molecule has 0 radical (unpaired) electrons. The van der Waals surface area contributed by atoms with Crippen molar-refractivity contribution in [3.63, 3.8) is 0 Å². The summed E-state index contributed by atoms with van der Waals surface area (Å²) in [7, 11) is 2.86. The van der Waals surface area contributed by atoms with E-state index in [0.29, 0.717) is 22.6 Å². The first-order valence-electron chi connectivity index (χ1n) is 10.0. The minimum Gasteiger partial charge on any atom is -0.497 e. The Morgan fingerprint density at radius 2 is 1.84 bits per heavy atom. The number of hydrogen-bond donors (Lipinski definition) is 0. The molecule has 0 spiro atoms. The first-order chi connectivity index (χ1) is 15.5. The molecular formula is C23H22N4O5. The first kappa shape index (κ1) is 21.1. The van der Waals surface area contributed by atoms with Crippen molar-refractivity contribution in [2.24, 2.45) is 0 Å². The molecule has 0 fully saturated rings. The summed E-state index contributed by atoms with van der Waals surface area (Å²) in [6, 6.07) is 14.0. The van der Waals surface area contributed by atoms with Gasteiger partial charge in [0.2, 0.25) is 0 Å². The number of hydrogen-bond acceptors (Lipinski definition) is 6. The second kappa shape index (κ2) is 8.54. The predicted molar refractivity (Wildman–Crippen MR) is 119 cm³/mol. The molecule has 9 nitrogen and oxygen atoms in total. The molecule has 2 aromatic heterocycles. The summed E-state index contributed by atoms with van der Waals surface area (Å²) in [6.07, 6.45) is 1.50. The van der Waals surface area contributed by atoms with Crippen LogP contribution in [0.4, 0.5) is 0 Å². The Balaban J connectivity index is 1.96. The summed E-state index contributed by atoms with van der Waals surface area (Å²) in [5.41, 5.74) is 1.15. The number of imidazole rings is 1. The summed E-state index contributed by atoms with van der Waals surface area (Å²) in [5, 5.41) is 0. The van der Waals surface area contributed by atoms with Gasteiger partial charge >= 0.3 is 11.7 Å². The SMILES string of the molecule is CCn1c(=O)c2c(ncn2Cc2ccccc2C(=O)OC)n(-c2cccc(OC)c2)c1=O. The van der Waals surface area contributed by atoms with Gasteiger partial charge in [-0.25, -0.2) is 19.1 Å². The third-order valence-electron chi connectivity index (χ3n) is 5.29. The van der Waals surface area contributed by atoms with Gasteiger partial charge in [0.25, 0.3) is 5.56 Å². The molecule has 0 bridgehead atoms. The minimum absolute atomic E-state index is 0.196. The van der Waals surface area contributed by atoms with Gasteiger partial charge in [-0.2, -0.15) is 0 Å². The van der Waals surface area contributed by atoms with Gasteiger partial charge in [0.15, 0.2) is 11.2 Å². The molecule has 9 heteroatoms. The molecule has 0 saturated carbocycles. The Bertz CT molecular complexity index is 1430. The lowest BCUT2D eigenvalue weighted by atomic mass is 10.1. The van der Waals surface area contributed by atoms with E-state index in [1.54, 1.807) is 60.0 Å². The van der Waals surface area contributed by atoms with E-state index in [-0.39, 0.29) is 24.3 Å². The lowest BCUT2D eigenvalue weighted by molar-refractivity contribution is 0.0599. The second-order valence-corrected chi connectivity index (χ2v) is 7.06. The number of benzene rings is 2. The van der Waals surface area contributed by atoms with E-state index in [1.807, 2.05) is 0 Å². The van der Waals surface area contributed by atoms with E-state index in [2.05, 4.69) is 4.98 Å². The van der Waals surface area contributed by atoms with Gasteiger partial charge < -0.3 is 14.0 Å². The maximum Gasteiger partial charge on any atom is 0.338 e. The second-order valence-electron chi connectivity index (χ2n) is 7.06. The number of ether oxygens (including phenoxy) is 2. The maximum atomic E-state index is 13.2. The van der Waals surface area contributed by atoms with Crippen LogP contribution in [0.3, 0.4) is 0 Å². The Morgan fingerprint density at radius 1 is 1.06 bits per heavy atom. The molecule has 0 amide bonds. The number of methoxy groups -OCH3 is 2. The highest BCUT2D eigenvalue weighted by Gasteiger charge is 2.20.